The fraction of sp³-hybridized carbons (Fsp3) is 0.194. The predicted molar refractivity (Wildman–Crippen MR) is 167 cm³/mol. The van der Waals surface area contributed by atoms with Crippen molar-refractivity contribution in [2.45, 2.75) is 23.1 Å². The van der Waals surface area contributed by atoms with Crippen LogP contribution in [0.25, 0.3) is 0 Å². The van der Waals surface area contributed by atoms with Gasteiger partial charge in [0.2, 0.25) is 11.8 Å². The lowest BCUT2D eigenvalue weighted by Crippen LogP contribution is -2.32. The molecule has 0 aliphatic carbocycles. The number of rotatable bonds is 8. The van der Waals surface area contributed by atoms with Gasteiger partial charge in [0.05, 0.1) is 28.8 Å². The number of halogens is 1. The number of thiazole rings is 1. The van der Waals surface area contributed by atoms with Crippen LogP contribution in [0.3, 0.4) is 0 Å². The van der Waals surface area contributed by atoms with Crippen LogP contribution in [0.4, 0.5) is 11.4 Å². The van der Waals surface area contributed by atoms with E-state index in [0.717, 1.165) is 28.0 Å². The van der Waals surface area contributed by atoms with E-state index in [1.807, 2.05) is 6.07 Å². The van der Waals surface area contributed by atoms with Crippen molar-refractivity contribution < 1.29 is 28.7 Å². The zero-order chi connectivity index (χ0) is 31.0. The molecule has 13 heteroatoms. The van der Waals surface area contributed by atoms with Crippen molar-refractivity contribution in [3.8, 4) is 5.75 Å². The van der Waals surface area contributed by atoms with Crippen molar-refractivity contribution in [1.29, 1.82) is 0 Å². The average Bonchev–Trinajstić information content (AvgIpc) is 3.51. The molecule has 3 atom stereocenters. The Balaban J connectivity index is 1.34. The number of hydrogen-bond acceptors (Lipinski definition) is 9. The number of amides is 3. The van der Waals surface area contributed by atoms with Crippen LogP contribution in [-0.2, 0) is 19.1 Å². The van der Waals surface area contributed by atoms with Gasteiger partial charge < -0.3 is 19.8 Å². The summed E-state index contributed by atoms with van der Waals surface area (Å²) in [7, 11) is 0. The second kappa shape index (κ2) is 12.3. The number of hydrogen-bond donors (Lipinski definition) is 2. The molecule has 1 saturated heterocycles. The first-order valence-electron chi connectivity index (χ1n) is 13.6. The Morgan fingerprint density at radius 3 is 2.48 bits per heavy atom. The van der Waals surface area contributed by atoms with Crippen LogP contribution >= 0.6 is 34.7 Å². The molecule has 44 heavy (non-hydrogen) atoms. The van der Waals surface area contributed by atoms with E-state index in [-0.39, 0.29) is 29.4 Å². The van der Waals surface area contributed by atoms with Gasteiger partial charge in [-0.05, 0) is 61.5 Å². The van der Waals surface area contributed by atoms with Crippen LogP contribution in [0.5, 0.6) is 5.75 Å². The van der Waals surface area contributed by atoms with Gasteiger partial charge in [-0.3, -0.25) is 19.2 Å². The molecule has 10 nitrogen and oxygen atoms in total. The Morgan fingerprint density at radius 1 is 1.00 bits per heavy atom. The third kappa shape index (κ3) is 5.63. The number of esters is 1. The second-order valence-corrected chi connectivity index (χ2v) is 12.5. The van der Waals surface area contributed by atoms with Crippen molar-refractivity contribution >= 4 is 69.8 Å². The molecule has 2 aliphatic rings. The van der Waals surface area contributed by atoms with Gasteiger partial charge in [-0.15, -0.1) is 0 Å². The third-order valence-electron chi connectivity index (χ3n) is 7.18. The highest BCUT2D eigenvalue weighted by atomic mass is 35.5. The Morgan fingerprint density at radius 2 is 1.75 bits per heavy atom. The van der Waals surface area contributed by atoms with Gasteiger partial charge >= 0.3 is 10.8 Å². The molecule has 1 fully saturated rings. The summed E-state index contributed by atoms with van der Waals surface area (Å²) in [6, 6.07) is 19.8. The number of benzene rings is 3. The summed E-state index contributed by atoms with van der Waals surface area (Å²) in [6.45, 7) is 1.58. The maximum absolute atomic E-state index is 14.1. The summed E-state index contributed by atoms with van der Waals surface area (Å²) in [5.41, 5.74) is 1.67. The van der Waals surface area contributed by atoms with Crippen LogP contribution < -0.4 is 19.8 Å². The minimum Gasteiger partial charge on any atom is -0.483 e. The van der Waals surface area contributed by atoms with Crippen molar-refractivity contribution in [3.05, 3.63) is 103 Å². The minimum atomic E-state index is -0.907. The number of fused-ring (bicyclic) bond motifs is 2. The molecule has 3 aromatic carbocycles. The second-order valence-electron chi connectivity index (χ2n) is 9.91. The van der Waals surface area contributed by atoms with E-state index in [1.54, 1.807) is 49.4 Å². The van der Waals surface area contributed by atoms with E-state index in [9.17, 15) is 24.0 Å². The van der Waals surface area contributed by atoms with E-state index in [1.165, 1.54) is 24.3 Å². The normalized spacial score (nSPS) is 18.9. The van der Waals surface area contributed by atoms with Gasteiger partial charge in [-0.25, -0.2) is 9.69 Å². The van der Waals surface area contributed by atoms with Crippen LogP contribution in [0, 0.1) is 5.92 Å². The molecule has 3 heterocycles. The number of para-hydroxylation sites is 1. The van der Waals surface area contributed by atoms with Crippen molar-refractivity contribution in [2.75, 3.05) is 23.4 Å². The van der Waals surface area contributed by atoms with E-state index in [0.29, 0.717) is 31.9 Å². The lowest BCUT2D eigenvalue weighted by atomic mass is 9.82. The maximum Gasteiger partial charge on any atom is 0.338 e. The Bertz CT molecular complexity index is 1820. The lowest BCUT2D eigenvalue weighted by molar-refractivity contribution is -0.122. The molecule has 0 saturated carbocycles. The zero-order valence-electron chi connectivity index (χ0n) is 23.1. The van der Waals surface area contributed by atoms with Gasteiger partial charge in [0, 0.05) is 27.1 Å². The Labute approximate surface area is 264 Å². The highest BCUT2D eigenvalue weighted by Gasteiger charge is 2.57. The number of aromatic amines is 1. The van der Waals surface area contributed by atoms with Crippen LogP contribution in [0.1, 0.15) is 33.6 Å². The first-order chi connectivity index (χ1) is 21.2. The number of imide groups is 1. The largest absolute Gasteiger partial charge is 0.483 e. The molecule has 224 valence electrons. The predicted octanol–water partition coefficient (Wildman–Crippen LogP) is 5.08. The monoisotopic (exact) mass is 649 g/mol. The molecule has 0 bridgehead atoms. The van der Waals surface area contributed by atoms with E-state index in [2.05, 4.69) is 10.3 Å². The average molecular weight is 650 g/mol. The zero-order valence-corrected chi connectivity index (χ0v) is 25.5. The van der Waals surface area contributed by atoms with Crippen molar-refractivity contribution in [1.82, 2.24) is 4.98 Å². The number of carbonyl (C=O) groups excluding carboxylic acids is 4. The summed E-state index contributed by atoms with van der Waals surface area (Å²) >= 11 is 8.51. The third-order valence-corrected chi connectivity index (χ3v) is 9.82. The van der Waals surface area contributed by atoms with Gasteiger partial charge in [0.25, 0.3) is 5.91 Å². The lowest BCUT2D eigenvalue weighted by Gasteiger charge is -2.31. The van der Waals surface area contributed by atoms with E-state index >= 15 is 0 Å². The molecule has 6 rings (SSSR count). The number of ether oxygens (including phenoxy) is 2. The number of anilines is 2. The molecule has 0 unspecified atom stereocenters. The first kappa shape index (κ1) is 29.7. The van der Waals surface area contributed by atoms with E-state index < -0.39 is 40.8 Å². The fourth-order valence-electron chi connectivity index (χ4n) is 5.32. The van der Waals surface area contributed by atoms with Gasteiger partial charge in [0.15, 0.2) is 6.61 Å². The number of nitrogens with zero attached hydrogens (tertiary/aromatic N) is 1. The quantitative estimate of drug-likeness (QED) is 0.199. The van der Waals surface area contributed by atoms with Crippen molar-refractivity contribution in [3.63, 3.8) is 0 Å². The molecule has 0 radical (unpaired) electrons. The molecule has 2 aliphatic heterocycles. The topological polar surface area (TPSA) is 135 Å². The summed E-state index contributed by atoms with van der Waals surface area (Å²) in [5, 5.41) is 2.74. The highest BCUT2D eigenvalue weighted by Crippen LogP contribution is 2.54. The van der Waals surface area contributed by atoms with Crippen LogP contribution in [0.2, 0.25) is 5.02 Å². The maximum atomic E-state index is 14.1. The summed E-state index contributed by atoms with van der Waals surface area (Å²) in [6.07, 6.45) is 0. The summed E-state index contributed by atoms with van der Waals surface area (Å²) in [5.74, 6) is -3.23. The number of thioether (sulfide) groups is 1. The molecular formula is C31H24ClN3O7S2. The Kier molecular flexibility index (Phi) is 8.30. The van der Waals surface area contributed by atoms with Crippen LogP contribution in [-0.4, -0.2) is 47.1 Å². The SMILES string of the molecule is CCOC(=O)c1ccc(N2C(=O)[C@H]3[C@H](c4cc(Cl)ccc4OCC(=O)Nc4ccccc4)c4sc(=O)[nH]c4S[C@H]3C2=O)cc1. The number of carbonyl (C=O) groups is 4. The highest BCUT2D eigenvalue weighted by molar-refractivity contribution is 8.00. The Hall–Kier alpha value is -4.39. The number of nitrogens with one attached hydrogen (secondary N) is 2. The fourth-order valence-corrected chi connectivity index (χ4v) is 8.01. The molecule has 2 N–H and O–H groups in total. The molecule has 0 spiro atoms. The summed E-state index contributed by atoms with van der Waals surface area (Å²) < 4.78 is 11.0. The molecular weight excluding hydrogens is 626 g/mol. The number of H-pyrrole nitrogens is 1. The van der Waals surface area contributed by atoms with Gasteiger partial charge in [-0.2, -0.15) is 0 Å². The molecule has 3 amide bonds. The first-order valence-corrected chi connectivity index (χ1v) is 15.6. The van der Waals surface area contributed by atoms with Crippen molar-refractivity contribution in [2.24, 2.45) is 5.92 Å². The smallest absolute Gasteiger partial charge is 0.338 e. The van der Waals surface area contributed by atoms with Gasteiger partial charge in [-0.1, -0.05) is 52.9 Å². The van der Waals surface area contributed by atoms with Crippen LogP contribution in [0.15, 0.2) is 82.6 Å². The molecule has 4 aromatic rings. The minimum absolute atomic E-state index is 0.213. The van der Waals surface area contributed by atoms with E-state index in [4.69, 9.17) is 21.1 Å². The molecule has 1 aromatic heterocycles. The van der Waals surface area contributed by atoms with Gasteiger partial charge in [0.1, 0.15) is 11.0 Å². The standard InChI is InChI=1S/C31H24ClN3O7S2/c1-2-41-30(39)16-8-11-19(12-9-16)35-28(37)24-23(25-27(34-31(40)44-25)43-26(24)29(35)38)20-14-17(32)10-13-21(20)42-15-22(36)33-18-6-4-3-5-7-18/h3-14,23-24,26H,2,15H2,1H3,(H,33,36)(H,34,40)/t23-,24-,26+/m0/s1. The number of aromatic nitrogens is 1. The summed E-state index contributed by atoms with van der Waals surface area (Å²) in [4.78, 5) is 69.4.